The molecule has 0 aliphatic carbocycles. The van der Waals surface area contributed by atoms with Gasteiger partial charge in [0.2, 0.25) is 0 Å². The molecular formula is C24H17N7O2S. The minimum absolute atomic E-state index is 0.188. The highest BCUT2D eigenvalue weighted by Gasteiger charge is 2.15. The first-order valence-electron chi connectivity index (χ1n) is 10.4. The molecule has 166 valence electrons. The quantitative estimate of drug-likeness (QED) is 0.412. The Morgan fingerprint density at radius 3 is 2.50 bits per heavy atom. The van der Waals surface area contributed by atoms with Crippen molar-refractivity contribution in [2.45, 2.75) is 4.90 Å². The summed E-state index contributed by atoms with van der Waals surface area (Å²) >= 11 is 0. The molecule has 0 bridgehead atoms. The van der Waals surface area contributed by atoms with Crippen LogP contribution in [0.5, 0.6) is 0 Å². The number of sulfonamides is 1. The first-order chi connectivity index (χ1) is 16.6. The lowest BCUT2D eigenvalue weighted by molar-refractivity contribution is 0.601. The standard InChI is InChI=1S/C24H17N7O2S/c32-34(33,21-4-2-1-3-5-21)29-20-10-18(11-25-13-20)17-6-7-23-27-14-22(30(23)15-17)19-12-26-24-8-9-28-31(24)16-19/h1-16,29H. The van der Waals surface area contributed by atoms with E-state index in [9.17, 15) is 8.42 Å². The molecule has 0 amide bonds. The van der Waals surface area contributed by atoms with Gasteiger partial charge in [-0.25, -0.2) is 22.9 Å². The lowest BCUT2D eigenvalue weighted by atomic mass is 10.1. The van der Waals surface area contributed by atoms with Crippen molar-refractivity contribution in [3.8, 4) is 22.4 Å². The van der Waals surface area contributed by atoms with Crippen LogP contribution in [0.15, 0.2) is 103 Å². The zero-order valence-corrected chi connectivity index (χ0v) is 18.5. The van der Waals surface area contributed by atoms with Crippen molar-refractivity contribution in [2.24, 2.45) is 0 Å². The molecule has 0 saturated carbocycles. The van der Waals surface area contributed by atoms with Crippen molar-refractivity contribution < 1.29 is 8.42 Å². The Hall–Kier alpha value is -4.57. The molecule has 5 heterocycles. The van der Waals surface area contributed by atoms with Crippen LogP contribution in [-0.2, 0) is 10.0 Å². The lowest BCUT2D eigenvalue weighted by Gasteiger charge is -2.10. The third kappa shape index (κ3) is 3.55. The van der Waals surface area contributed by atoms with Crippen LogP contribution in [0.1, 0.15) is 0 Å². The fraction of sp³-hybridized carbons (Fsp3) is 0. The van der Waals surface area contributed by atoms with Crippen molar-refractivity contribution in [1.29, 1.82) is 0 Å². The Morgan fingerprint density at radius 2 is 1.62 bits per heavy atom. The summed E-state index contributed by atoms with van der Waals surface area (Å²) in [4.78, 5) is 13.4. The van der Waals surface area contributed by atoms with E-state index >= 15 is 0 Å². The molecule has 0 fully saturated rings. The summed E-state index contributed by atoms with van der Waals surface area (Å²) in [7, 11) is -3.71. The van der Waals surface area contributed by atoms with Gasteiger partial charge in [-0.3, -0.25) is 14.1 Å². The van der Waals surface area contributed by atoms with Crippen LogP contribution in [0.4, 0.5) is 5.69 Å². The number of nitrogens with zero attached hydrogens (tertiary/aromatic N) is 6. The predicted molar refractivity (Wildman–Crippen MR) is 128 cm³/mol. The molecule has 0 saturated heterocycles. The number of nitrogens with one attached hydrogen (secondary N) is 1. The number of hydrogen-bond donors (Lipinski definition) is 1. The van der Waals surface area contributed by atoms with Crippen LogP contribution in [-0.4, -0.2) is 37.4 Å². The number of pyridine rings is 2. The number of benzene rings is 1. The fourth-order valence-electron chi connectivity index (χ4n) is 3.77. The van der Waals surface area contributed by atoms with Gasteiger partial charge in [0.15, 0.2) is 5.65 Å². The van der Waals surface area contributed by atoms with Gasteiger partial charge in [-0.15, -0.1) is 0 Å². The maximum Gasteiger partial charge on any atom is 0.261 e. The molecule has 1 aromatic carbocycles. The van der Waals surface area contributed by atoms with Gasteiger partial charge < -0.3 is 0 Å². The topological polar surface area (TPSA) is 107 Å². The first kappa shape index (κ1) is 20.1. The molecule has 5 aromatic heterocycles. The maximum absolute atomic E-state index is 12.7. The lowest BCUT2D eigenvalue weighted by Crippen LogP contribution is -2.13. The van der Waals surface area contributed by atoms with Crippen LogP contribution in [0, 0.1) is 0 Å². The second kappa shape index (κ2) is 7.78. The van der Waals surface area contributed by atoms with E-state index in [1.807, 2.05) is 35.0 Å². The molecule has 0 aliphatic rings. The smallest absolute Gasteiger partial charge is 0.261 e. The predicted octanol–water partition coefficient (Wildman–Crippen LogP) is 3.91. The molecule has 1 N–H and O–H groups in total. The summed E-state index contributed by atoms with van der Waals surface area (Å²) in [6.07, 6.45) is 12.3. The van der Waals surface area contributed by atoms with E-state index in [2.05, 4.69) is 24.8 Å². The number of aromatic nitrogens is 6. The summed E-state index contributed by atoms with van der Waals surface area (Å²) in [5.41, 5.74) is 5.25. The molecule has 0 aliphatic heterocycles. The van der Waals surface area contributed by atoms with E-state index in [0.717, 1.165) is 33.7 Å². The highest BCUT2D eigenvalue weighted by atomic mass is 32.2. The molecule has 34 heavy (non-hydrogen) atoms. The van der Waals surface area contributed by atoms with Gasteiger partial charge in [-0.1, -0.05) is 18.2 Å². The monoisotopic (exact) mass is 467 g/mol. The largest absolute Gasteiger partial charge is 0.299 e. The SMILES string of the molecule is O=S(=O)(Nc1cncc(-c2ccc3ncc(-c4cnc5ccnn5c4)n3c2)c1)c1ccccc1. The summed E-state index contributed by atoms with van der Waals surface area (Å²) in [6, 6.07) is 15.6. The molecule has 9 nitrogen and oxygen atoms in total. The molecule has 0 radical (unpaired) electrons. The number of rotatable bonds is 5. The molecule has 0 atom stereocenters. The molecular weight excluding hydrogens is 450 g/mol. The Morgan fingerprint density at radius 1 is 0.765 bits per heavy atom. The normalized spacial score (nSPS) is 11.8. The van der Waals surface area contributed by atoms with Gasteiger partial charge in [0, 0.05) is 47.5 Å². The second-order valence-electron chi connectivity index (χ2n) is 7.65. The van der Waals surface area contributed by atoms with E-state index in [1.54, 1.807) is 65.7 Å². The van der Waals surface area contributed by atoms with Crippen LogP contribution in [0.25, 0.3) is 33.7 Å². The summed E-state index contributed by atoms with van der Waals surface area (Å²) in [6.45, 7) is 0. The Kier molecular flexibility index (Phi) is 4.59. The minimum atomic E-state index is -3.71. The Labute approximate surface area is 194 Å². The first-order valence-corrected chi connectivity index (χ1v) is 11.9. The van der Waals surface area contributed by atoms with Crippen molar-refractivity contribution in [3.63, 3.8) is 0 Å². The second-order valence-corrected chi connectivity index (χ2v) is 9.33. The number of fused-ring (bicyclic) bond motifs is 2. The van der Waals surface area contributed by atoms with Gasteiger partial charge in [0.25, 0.3) is 10.0 Å². The zero-order chi connectivity index (χ0) is 23.1. The summed E-state index contributed by atoms with van der Waals surface area (Å²) < 4.78 is 31.7. The molecule has 10 heteroatoms. The Balaban J connectivity index is 1.37. The number of imidazole rings is 1. The van der Waals surface area contributed by atoms with Gasteiger partial charge in [0.05, 0.1) is 34.9 Å². The van der Waals surface area contributed by atoms with Gasteiger partial charge in [-0.2, -0.15) is 5.10 Å². The highest BCUT2D eigenvalue weighted by Crippen LogP contribution is 2.27. The van der Waals surface area contributed by atoms with Crippen molar-refractivity contribution in [2.75, 3.05) is 4.72 Å². The van der Waals surface area contributed by atoms with E-state index in [1.165, 1.54) is 6.20 Å². The van der Waals surface area contributed by atoms with Crippen LogP contribution < -0.4 is 4.72 Å². The average Bonchev–Trinajstić information content (AvgIpc) is 3.50. The van der Waals surface area contributed by atoms with E-state index in [0.29, 0.717) is 5.69 Å². The van der Waals surface area contributed by atoms with Gasteiger partial charge in [-0.05, 0) is 30.3 Å². The fourth-order valence-corrected chi connectivity index (χ4v) is 4.83. The number of anilines is 1. The zero-order valence-electron chi connectivity index (χ0n) is 17.6. The van der Waals surface area contributed by atoms with Gasteiger partial charge in [0.1, 0.15) is 5.65 Å². The van der Waals surface area contributed by atoms with Gasteiger partial charge >= 0.3 is 0 Å². The Bertz CT molecular complexity index is 1760. The molecule has 0 unspecified atom stereocenters. The van der Waals surface area contributed by atoms with Crippen molar-refractivity contribution in [3.05, 3.63) is 98.0 Å². The third-order valence-electron chi connectivity index (χ3n) is 5.43. The maximum atomic E-state index is 12.7. The van der Waals surface area contributed by atoms with E-state index in [-0.39, 0.29) is 4.90 Å². The minimum Gasteiger partial charge on any atom is -0.299 e. The van der Waals surface area contributed by atoms with Crippen LogP contribution >= 0.6 is 0 Å². The highest BCUT2D eigenvalue weighted by molar-refractivity contribution is 7.92. The average molecular weight is 468 g/mol. The van der Waals surface area contributed by atoms with Crippen LogP contribution in [0.2, 0.25) is 0 Å². The molecule has 6 rings (SSSR count). The van der Waals surface area contributed by atoms with Crippen molar-refractivity contribution in [1.82, 2.24) is 29.0 Å². The number of hydrogen-bond acceptors (Lipinski definition) is 6. The van der Waals surface area contributed by atoms with E-state index < -0.39 is 10.0 Å². The molecule has 0 spiro atoms. The van der Waals surface area contributed by atoms with Crippen molar-refractivity contribution >= 4 is 27.0 Å². The van der Waals surface area contributed by atoms with E-state index in [4.69, 9.17) is 0 Å². The van der Waals surface area contributed by atoms with Crippen LogP contribution in [0.3, 0.4) is 0 Å². The molecule has 6 aromatic rings. The summed E-state index contributed by atoms with van der Waals surface area (Å²) in [5.74, 6) is 0. The summed E-state index contributed by atoms with van der Waals surface area (Å²) in [5, 5.41) is 4.26. The third-order valence-corrected chi connectivity index (χ3v) is 6.82.